The smallest absolute Gasteiger partial charge is 0.258 e. The van der Waals surface area contributed by atoms with Gasteiger partial charge in [0.25, 0.3) is 5.91 Å². The third-order valence-corrected chi connectivity index (χ3v) is 5.18. The number of nitrogens with one attached hydrogen (secondary N) is 1. The molecule has 0 atom stereocenters. The van der Waals surface area contributed by atoms with Crippen LogP contribution < -0.4 is 10.1 Å². The highest BCUT2D eigenvalue weighted by atomic mass is 32.1. The van der Waals surface area contributed by atoms with E-state index in [1.54, 1.807) is 28.8 Å². The summed E-state index contributed by atoms with van der Waals surface area (Å²) in [6.07, 6.45) is 0. The maximum Gasteiger partial charge on any atom is 0.258 e. The molecular weight excluding hydrogens is 347 g/mol. The second kappa shape index (κ2) is 6.70. The van der Waals surface area contributed by atoms with Crippen molar-refractivity contribution < 1.29 is 13.9 Å². The fourth-order valence-electron chi connectivity index (χ4n) is 2.31. The Bertz CT molecular complexity index is 902. The molecule has 0 aliphatic carbocycles. The van der Waals surface area contributed by atoms with Gasteiger partial charge in [0.2, 0.25) is 0 Å². The summed E-state index contributed by atoms with van der Waals surface area (Å²) in [7, 11) is 1.42. The van der Waals surface area contributed by atoms with Gasteiger partial charge in [-0.05, 0) is 38.1 Å². The first-order valence-electron chi connectivity index (χ1n) is 7.15. The molecule has 3 rings (SSSR count). The number of carbonyl (C=O) groups is 1. The maximum absolute atomic E-state index is 13.8. The van der Waals surface area contributed by atoms with Crippen LogP contribution in [0, 0.1) is 19.7 Å². The van der Waals surface area contributed by atoms with Gasteiger partial charge in [0.15, 0.2) is 16.7 Å². The monoisotopic (exact) mass is 362 g/mol. The van der Waals surface area contributed by atoms with E-state index in [2.05, 4.69) is 10.3 Å². The van der Waals surface area contributed by atoms with Crippen LogP contribution in [0.25, 0.3) is 11.3 Å². The highest BCUT2D eigenvalue weighted by Gasteiger charge is 2.14. The highest BCUT2D eigenvalue weighted by molar-refractivity contribution is 7.14. The lowest BCUT2D eigenvalue weighted by atomic mass is 10.1. The molecule has 0 radical (unpaired) electrons. The normalized spacial score (nSPS) is 10.7. The Morgan fingerprint density at radius 1 is 1.29 bits per heavy atom. The molecular formula is C17H15FN2O2S2. The first-order chi connectivity index (χ1) is 11.5. The number of ether oxygens (including phenoxy) is 1. The number of amides is 1. The lowest BCUT2D eigenvalue weighted by Crippen LogP contribution is -2.11. The standard InChI is InChI=1S/C17H15FN2O2S2/c1-9-6-12(10(2)24-9)16(21)20-17-19-14(8-23-17)11-4-5-15(22-3)13(18)7-11/h4-8H,1-3H3,(H,19,20,21). The zero-order valence-corrected chi connectivity index (χ0v) is 15.0. The molecule has 0 fully saturated rings. The second-order valence-corrected chi connectivity index (χ2v) is 7.49. The topological polar surface area (TPSA) is 51.2 Å². The van der Waals surface area contributed by atoms with E-state index < -0.39 is 5.82 Å². The molecule has 0 unspecified atom stereocenters. The number of anilines is 1. The van der Waals surface area contributed by atoms with Crippen LogP contribution >= 0.6 is 22.7 Å². The van der Waals surface area contributed by atoms with E-state index in [1.165, 1.54) is 24.5 Å². The van der Waals surface area contributed by atoms with Gasteiger partial charge >= 0.3 is 0 Å². The molecule has 1 amide bonds. The minimum absolute atomic E-state index is 0.182. The van der Waals surface area contributed by atoms with Crippen molar-refractivity contribution in [1.29, 1.82) is 0 Å². The van der Waals surface area contributed by atoms with Crippen LogP contribution in [0.1, 0.15) is 20.1 Å². The Kier molecular flexibility index (Phi) is 4.64. The molecule has 3 aromatic rings. The van der Waals surface area contributed by atoms with Crippen molar-refractivity contribution in [2.75, 3.05) is 12.4 Å². The van der Waals surface area contributed by atoms with Crippen LogP contribution in [0.4, 0.5) is 9.52 Å². The number of aromatic nitrogens is 1. The third kappa shape index (κ3) is 3.32. The molecule has 24 heavy (non-hydrogen) atoms. The average molecular weight is 362 g/mol. The van der Waals surface area contributed by atoms with Crippen molar-refractivity contribution in [3.8, 4) is 17.0 Å². The molecule has 2 aromatic heterocycles. The summed E-state index contributed by atoms with van der Waals surface area (Å²) in [6.45, 7) is 3.88. The van der Waals surface area contributed by atoms with Gasteiger partial charge < -0.3 is 4.74 Å². The molecule has 4 nitrogen and oxygen atoms in total. The van der Waals surface area contributed by atoms with Crippen molar-refractivity contribution in [2.45, 2.75) is 13.8 Å². The third-order valence-electron chi connectivity index (χ3n) is 3.46. The number of aryl methyl sites for hydroxylation is 2. The quantitative estimate of drug-likeness (QED) is 0.719. The molecule has 0 saturated carbocycles. The predicted octanol–water partition coefficient (Wildman–Crippen LogP) is 4.89. The van der Waals surface area contributed by atoms with Crippen LogP contribution in [-0.2, 0) is 0 Å². The highest BCUT2D eigenvalue weighted by Crippen LogP contribution is 2.29. The molecule has 0 aliphatic heterocycles. The summed E-state index contributed by atoms with van der Waals surface area (Å²) in [6, 6.07) is 6.52. The Labute approximate surface area is 146 Å². The Balaban J connectivity index is 1.79. The molecule has 0 aliphatic rings. The van der Waals surface area contributed by atoms with Gasteiger partial charge in [0, 0.05) is 20.7 Å². The SMILES string of the molecule is COc1ccc(-c2csc(NC(=O)c3cc(C)sc3C)n2)cc1F. The molecule has 0 bridgehead atoms. The van der Waals surface area contributed by atoms with E-state index in [0.29, 0.717) is 22.0 Å². The molecule has 2 heterocycles. The Morgan fingerprint density at radius 3 is 2.71 bits per heavy atom. The van der Waals surface area contributed by atoms with Gasteiger partial charge in [-0.2, -0.15) is 0 Å². The van der Waals surface area contributed by atoms with Crippen molar-refractivity contribution in [3.05, 3.63) is 50.8 Å². The van der Waals surface area contributed by atoms with Gasteiger partial charge in [0.05, 0.1) is 18.4 Å². The minimum Gasteiger partial charge on any atom is -0.494 e. The molecule has 0 spiro atoms. The number of hydrogen-bond donors (Lipinski definition) is 1. The molecule has 7 heteroatoms. The lowest BCUT2D eigenvalue weighted by Gasteiger charge is -2.03. The number of thiazole rings is 1. The number of methoxy groups -OCH3 is 1. The van der Waals surface area contributed by atoms with Crippen LogP contribution in [-0.4, -0.2) is 18.0 Å². The van der Waals surface area contributed by atoms with E-state index in [1.807, 2.05) is 19.9 Å². The summed E-state index contributed by atoms with van der Waals surface area (Å²) in [5.41, 5.74) is 1.90. The summed E-state index contributed by atoms with van der Waals surface area (Å²) >= 11 is 2.89. The summed E-state index contributed by atoms with van der Waals surface area (Å²) < 4.78 is 18.7. The van der Waals surface area contributed by atoms with Gasteiger partial charge in [0.1, 0.15) is 0 Å². The Hall–Kier alpha value is -2.25. The minimum atomic E-state index is -0.446. The van der Waals surface area contributed by atoms with E-state index in [4.69, 9.17) is 4.74 Å². The molecule has 1 N–H and O–H groups in total. The van der Waals surface area contributed by atoms with Crippen LogP contribution in [0.3, 0.4) is 0 Å². The van der Waals surface area contributed by atoms with Crippen molar-refractivity contribution in [2.24, 2.45) is 0 Å². The Morgan fingerprint density at radius 2 is 2.08 bits per heavy atom. The largest absolute Gasteiger partial charge is 0.494 e. The van der Waals surface area contributed by atoms with Gasteiger partial charge in [-0.15, -0.1) is 22.7 Å². The fourth-order valence-corrected chi connectivity index (χ4v) is 3.95. The van der Waals surface area contributed by atoms with Crippen molar-refractivity contribution >= 4 is 33.7 Å². The van der Waals surface area contributed by atoms with E-state index >= 15 is 0 Å². The lowest BCUT2D eigenvalue weighted by molar-refractivity contribution is 0.102. The number of benzene rings is 1. The number of hydrogen-bond acceptors (Lipinski definition) is 5. The van der Waals surface area contributed by atoms with Crippen LogP contribution in [0.2, 0.25) is 0 Å². The fraction of sp³-hybridized carbons (Fsp3) is 0.176. The van der Waals surface area contributed by atoms with E-state index in [-0.39, 0.29) is 11.7 Å². The van der Waals surface area contributed by atoms with Crippen LogP contribution in [0.15, 0.2) is 29.6 Å². The maximum atomic E-state index is 13.8. The van der Waals surface area contributed by atoms with Crippen molar-refractivity contribution in [3.63, 3.8) is 0 Å². The molecule has 1 aromatic carbocycles. The van der Waals surface area contributed by atoms with Gasteiger partial charge in [-0.3, -0.25) is 10.1 Å². The summed E-state index contributed by atoms with van der Waals surface area (Å²) in [5, 5.41) is 5.06. The summed E-state index contributed by atoms with van der Waals surface area (Å²) in [5.74, 6) is -0.442. The first kappa shape index (κ1) is 16.6. The zero-order chi connectivity index (χ0) is 17.3. The molecule has 124 valence electrons. The van der Waals surface area contributed by atoms with Crippen LogP contribution in [0.5, 0.6) is 5.75 Å². The number of nitrogens with zero attached hydrogens (tertiary/aromatic N) is 1. The van der Waals surface area contributed by atoms with E-state index in [0.717, 1.165) is 9.75 Å². The number of rotatable bonds is 4. The predicted molar refractivity (Wildman–Crippen MR) is 95.8 cm³/mol. The second-order valence-electron chi connectivity index (χ2n) is 5.17. The average Bonchev–Trinajstić information content (AvgIpc) is 3.13. The van der Waals surface area contributed by atoms with Crippen molar-refractivity contribution in [1.82, 2.24) is 4.98 Å². The van der Waals surface area contributed by atoms with Gasteiger partial charge in [-0.25, -0.2) is 9.37 Å². The number of halogens is 1. The van der Waals surface area contributed by atoms with E-state index in [9.17, 15) is 9.18 Å². The number of thiophene rings is 1. The first-order valence-corrected chi connectivity index (χ1v) is 8.85. The zero-order valence-electron chi connectivity index (χ0n) is 13.3. The summed E-state index contributed by atoms with van der Waals surface area (Å²) in [4.78, 5) is 18.7. The van der Waals surface area contributed by atoms with Gasteiger partial charge in [-0.1, -0.05) is 0 Å². The molecule has 0 saturated heterocycles. The number of carbonyl (C=O) groups excluding carboxylic acids is 1.